The maximum atomic E-state index is 13.8. The first-order valence-electron chi connectivity index (χ1n) is 17.4. The van der Waals surface area contributed by atoms with Crippen LogP contribution < -0.4 is 0 Å². The molecule has 0 amide bonds. The van der Waals surface area contributed by atoms with Crippen LogP contribution in [0.1, 0.15) is 144 Å². The van der Waals surface area contributed by atoms with Crippen LogP contribution in [0.15, 0.2) is 78.9 Å². The van der Waals surface area contributed by atoms with Gasteiger partial charge in [0.2, 0.25) is 0 Å². The van der Waals surface area contributed by atoms with Crippen LogP contribution in [0, 0.1) is 11.8 Å². The normalized spacial score (nSPS) is 17.6. The lowest BCUT2D eigenvalue weighted by atomic mass is 9.81. The number of benzene rings is 2. The Morgan fingerprint density at radius 1 is 0.471 bits per heavy atom. The van der Waals surface area contributed by atoms with Crippen LogP contribution in [0.3, 0.4) is 0 Å². The van der Waals surface area contributed by atoms with Crippen molar-refractivity contribution in [1.29, 1.82) is 0 Å². The molecular weight excluding hydrogens is 633 g/mol. The van der Waals surface area contributed by atoms with Crippen LogP contribution in [0.25, 0.3) is 0 Å². The van der Waals surface area contributed by atoms with Gasteiger partial charge in [-0.2, -0.15) is 0 Å². The zero-order chi connectivity index (χ0) is 36.2. The molecule has 0 spiro atoms. The Hall–Kier alpha value is -5.74. The molecule has 8 bridgehead atoms. The van der Waals surface area contributed by atoms with Gasteiger partial charge in [0.05, 0.1) is 11.1 Å². The zero-order valence-electron chi connectivity index (χ0n) is 30.3. The van der Waals surface area contributed by atoms with E-state index in [0.717, 1.165) is 51.1 Å². The lowest BCUT2D eigenvalue weighted by molar-refractivity contribution is 0.0976. The number of hydrogen-bond acceptors (Lipinski definition) is 3. The second-order valence-corrected chi connectivity index (χ2v) is 16.2. The quantitative estimate of drug-likeness (QED) is 0.104. The highest BCUT2D eigenvalue weighted by Crippen LogP contribution is 2.42. The van der Waals surface area contributed by atoms with Gasteiger partial charge >= 0.3 is 0 Å². The molecule has 0 radical (unpaired) electrons. The van der Waals surface area contributed by atoms with E-state index >= 15 is 0 Å². The number of phenols is 1. The molecule has 7 nitrogen and oxygen atoms in total. The molecule has 5 heterocycles. The number of carbonyl (C=O) groups excluding carboxylic acids is 2. The SMILES string of the molecule is CC1(C)c2ccc([nH]2)C(C)(C)c2ccc([nH]2)C(C)(C)c2[nH]c(cc2C#Cc2ccc(O)c3c2C(=O)c2ccccc2C3=O)C(C)(C)c2ccc1[nH]2. The number of aromatic hydroxyl groups is 1. The highest BCUT2D eigenvalue weighted by Gasteiger charge is 2.38. The van der Waals surface area contributed by atoms with Crippen molar-refractivity contribution in [3.63, 3.8) is 0 Å². The van der Waals surface area contributed by atoms with Crippen LogP contribution in [-0.4, -0.2) is 36.6 Å². The zero-order valence-corrected chi connectivity index (χ0v) is 30.3. The third kappa shape index (κ3) is 4.66. The maximum absolute atomic E-state index is 13.8. The molecule has 6 aromatic rings. The fourth-order valence-corrected chi connectivity index (χ4v) is 7.77. The third-order valence-corrected chi connectivity index (χ3v) is 11.6. The molecule has 2 aliphatic rings. The summed E-state index contributed by atoms with van der Waals surface area (Å²) in [6, 6.07) is 25.0. The van der Waals surface area contributed by atoms with Crippen LogP contribution in [0.4, 0.5) is 0 Å². The van der Waals surface area contributed by atoms with E-state index in [1.807, 2.05) is 0 Å². The average molecular weight is 675 g/mol. The molecule has 256 valence electrons. The minimum Gasteiger partial charge on any atom is -0.507 e. The first-order valence-corrected chi connectivity index (χ1v) is 17.4. The first-order chi connectivity index (χ1) is 24.0. The number of fused-ring (bicyclic) bond motifs is 10. The van der Waals surface area contributed by atoms with Crippen molar-refractivity contribution < 1.29 is 14.7 Å². The summed E-state index contributed by atoms with van der Waals surface area (Å²) in [5.74, 6) is 5.74. The lowest BCUT2D eigenvalue weighted by Crippen LogP contribution is -2.26. The number of rotatable bonds is 0. The predicted octanol–water partition coefficient (Wildman–Crippen LogP) is 8.50. The minimum atomic E-state index is -0.535. The highest BCUT2D eigenvalue weighted by atomic mass is 16.3. The Labute approximate surface area is 297 Å². The monoisotopic (exact) mass is 674 g/mol. The van der Waals surface area contributed by atoms with Gasteiger partial charge in [0.15, 0.2) is 11.6 Å². The molecule has 0 saturated carbocycles. The molecule has 0 saturated heterocycles. The van der Waals surface area contributed by atoms with Crippen molar-refractivity contribution in [2.24, 2.45) is 0 Å². The van der Waals surface area contributed by atoms with Gasteiger partial charge in [-0.05, 0) is 110 Å². The summed E-state index contributed by atoms with van der Waals surface area (Å²) in [5, 5.41) is 10.8. The molecule has 2 aromatic carbocycles. The fraction of sp³-hybridized carbons (Fsp3) is 0.273. The van der Waals surface area contributed by atoms with E-state index in [0.29, 0.717) is 11.1 Å². The number of phenolic OH excluding ortho intramolecular Hbond substituents is 1. The number of H-pyrrole nitrogens is 4. The third-order valence-electron chi connectivity index (χ3n) is 11.6. The summed E-state index contributed by atoms with van der Waals surface area (Å²) in [5.41, 5.74) is 8.74. The van der Waals surface area contributed by atoms with E-state index in [2.05, 4.69) is 130 Å². The standard InChI is InChI=1S/C44H42N4O3/c1-41(2)29-17-18-30(45-29)42(3,4)32-21-22-34(47-32)44(7,8)40-25(23-35(48-40)43(5,6)33-20-19-31(41)46-33)14-13-24-15-16-28(49)37-36(24)38(50)26-11-9-10-12-27(26)39(37)51/h9-12,15-23,45-49H,1-8H3. The number of ketones is 2. The topological polar surface area (TPSA) is 118 Å². The second kappa shape index (κ2) is 10.6. The molecule has 1 aliphatic carbocycles. The Balaban J connectivity index is 1.33. The van der Waals surface area contributed by atoms with Crippen LogP contribution in [0.5, 0.6) is 5.75 Å². The molecule has 0 fully saturated rings. The molecule has 1 aliphatic heterocycles. The van der Waals surface area contributed by atoms with Gasteiger partial charge in [0.25, 0.3) is 0 Å². The van der Waals surface area contributed by atoms with Crippen molar-refractivity contribution >= 4 is 11.6 Å². The van der Waals surface area contributed by atoms with Crippen LogP contribution >= 0.6 is 0 Å². The van der Waals surface area contributed by atoms with Gasteiger partial charge in [-0.25, -0.2) is 0 Å². The molecule has 4 aromatic heterocycles. The van der Waals surface area contributed by atoms with Crippen molar-refractivity contribution in [1.82, 2.24) is 19.9 Å². The summed E-state index contributed by atoms with van der Waals surface area (Å²) in [6.07, 6.45) is 0. The summed E-state index contributed by atoms with van der Waals surface area (Å²) < 4.78 is 0. The summed E-state index contributed by atoms with van der Waals surface area (Å²) in [6.45, 7) is 17.7. The van der Waals surface area contributed by atoms with Crippen molar-refractivity contribution in [3.05, 3.63) is 158 Å². The predicted molar refractivity (Wildman–Crippen MR) is 199 cm³/mol. The van der Waals surface area contributed by atoms with Gasteiger partial charge in [-0.1, -0.05) is 36.1 Å². The van der Waals surface area contributed by atoms with Gasteiger partial charge in [0, 0.05) is 89.5 Å². The molecular formula is C44H42N4O3. The van der Waals surface area contributed by atoms with E-state index in [1.54, 1.807) is 30.3 Å². The molecule has 51 heavy (non-hydrogen) atoms. The summed E-state index contributed by atoms with van der Waals surface area (Å²) in [4.78, 5) is 42.5. The lowest BCUT2D eigenvalue weighted by Gasteiger charge is -2.28. The molecule has 8 rings (SSSR count). The molecule has 7 heteroatoms. The van der Waals surface area contributed by atoms with E-state index in [1.165, 1.54) is 6.07 Å². The van der Waals surface area contributed by atoms with Crippen molar-refractivity contribution in [3.8, 4) is 17.6 Å². The van der Waals surface area contributed by atoms with E-state index < -0.39 is 10.8 Å². The van der Waals surface area contributed by atoms with Gasteiger partial charge in [-0.15, -0.1) is 0 Å². The smallest absolute Gasteiger partial charge is 0.198 e. The summed E-state index contributed by atoms with van der Waals surface area (Å²) in [7, 11) is 0. The fourth-order valence-electron chi connectivity index (χ4n) is 7.77. The van der Waals surface area contributed by atoms with Crippen LogP contribution in [0.2, 0.25) is 0 Å². The first kappa shape index (κ1) is 32.5. The van der Waals surface area contributed by atoms with Crippen molar-refractivity contribution in [2.75, 3.05) is 0 Å². The van der Waals surface area contributed by atoms with Gasteiger partial charge < -0.3 is 25.0 Å². The molecule has 0 atom stereocenters. The Morgan fingerprint density at radius 2 is 0.882 bits per heavy atom. The average Bonchev–Trinajstić information content (AvgIpc) is 3.92. The van der Waals surface area contributed by atoms with E-state index in [-0.39, 0.29) is 44.8 Å². The largest absolute Gasteiger partial charge is 0.507 e. The Bertz CT molecular complexity index is 2490. The van der Waals surface area contributed by atoms with E-state index in [4.69, 9.17) is 0 Å². The van der Waals surface area contributed by atoms with E-state index in [9.17, 15) is 14.7 Å². The number of aromatic nitrogens is 4. The molecule has 0 unspecified atom stereocenters. The molecule has 5 N–H and O–H groups in total. The second-order valence-electron chi connectivity index (χ2n) is 16.2. The Kier molecular flexibility index (Phi) is 6.77. The minimum absolute atomic E-state index is 0.000348. The number of aromatic amines is 4. The van der Waals surface area contributed by atoms with Crippen LogP contribution in [-0.2, 0) is 21.7 Å². The number of nitrogens with one attached hydrogen (secondary N) is 4. The van der Waals surface area contributed by atoms with Gasteiger partial charge in [-0.3, -0.25) is 9.59 Å². The van der Waals surface area contributed by atoms with Crippen molar-refractivity contribution in [2.45, 2.75) is 77.0 Å². The summed E-state index contributed by atoms with van der Waals surface area (Å²) >= 11 is 0. The number of hydrogen-bond donors (Lipinski definition) is 5. The van der Waals surface area contributed by atoms with Gasteiger partial charge in [0.1, 0.15) is 5.75 Å². The maximum Gasteiger partial charge on any atom is 0.198 e. The number of carbonyl (C=O) groups is 2. The highest BCUT2D eigenvalue weighted by molar-refractivity contribution is 6.30. The Morgan fingerprint density at radius 3 is 1.37 bits per heavy atom.